The van der Waals surface area contributed by atoms with E-state index in [1.54, 1.807) is 0 Å². The molecular formula is C30H26FN5O3. The number of carbonyl (C=O) groups is 2. The van der Waals surface area contributed by atoms with Gasteiger partial charge in [0.2, 0.25) is 0 Å². The van der Waals surface area contributed by atoms with E-state index in [0.717, 1.165) is 75.6 Å². The van der Waals surface area contributed by atoms with Crippen LogP contribution in [0.25, 0.3) is 32.9 Å². The Balaban J connectivity index is 1.41. The largest absolute Gasteiger partial charge is 0.417 e. The first-order chi connectivity index (χ1) is 18.9. The van der Waals surface area contributed by atoms with Crippen molar-refractivity contribution in [1.82, 2.24) is 19.7 Å². The molecule has 3 aromatic carbocycles. The standard InChI is InChI=1S/C30H26FN5O3/c1-3-12-36-24-11-6-17(33-30(38)39-18-7-4-16(31)5-8-18)13-20(24)26-21-14-32-29(37)27(21)25-19(28(26)36)9-10-23-22(25)15-35(2)34-23/h4-8,11,13,15H,3,9-10,12,14H2,1-2H3,(H,32,37)(H,33,38). The zero-order valence-corrected chi connectivity index (χ0v) is 21.6. The number of anilines is 1. The third-order valence-corrected chi connectivity index (χ3v) is 7.66. The summed E-state index contributed by atoms with van der Waals surface area (Å²) in [6.07, 6.45) is 3.91. The maximum atomic E-state index is 13.2. The van der Waals surface area contributed by atoms with E-state index in [2.05, 4.69) is 27.2 Å². The van der Waals surface area contributed by atoms with Gasteiger partial charge in [0, 0.05) is 59.4 Å². The van der Waals surface area contributed by atoms with Gasteiger partial charge < -0.3 is 14.6 Å². The van der Waals surface area contributed by atoms with Gasteiger partial charge >= 0.3 is 6.09 Å². The van der Waals surface area contributed by atoms with Crippen LogP contribution in [0.3, 0.4) is 0 Å². The van der Waals surface area contributed by atoms with Crippen LogP contribution in [0.4, 0.5) is 14.9 Å². The number of nitrogens with zero attached hydrogens (tertiary/aromatic N) is 3. The number of benzene rings is 3. The highest BCUT2D eigenvalue weighted by molar-refractivity contribution is 6.20. The molecule has 0 saturated heterocycles. The summed E-state index contributed by atoms with van der Waals surface area (Å²) >= 11 is 0. The summed E-state index contributed by atoms with van der Waals surface area (Å²) < 4.78 is 22.7. The van der Waals surface area contributed by atoms with Crippen LogP contribution in [0.5, 0.6) is 5.75 Å². The molecule has 3 heterocycles. The molecule has 7 rings (SSSR count). The Morgan fingerprint density at radius 1 is 1.13 bits per heavy atom. The van der Waals surface area contributed by atoms with E-state index in [1.807, 2.05) is 36.1 Å². The molecule has 0 radical (unpaired) electrons. The first-order valence-electron chi connectivity index (χ1n) is 13.1. The Bertz CT molecular complexity index is 1830. The van der Waals surface area contributed by atoms with Crippen LogP contribution < -0.4 is 15.4 Å². The summed E-state index contributed by atoms with van der Waals surface area (Å²) in [5.74, 6) is -0.217. The topological polar surface area (TPSA) is 90.2 Å². The third kappa shape index (κ3) is 3.60. The number of hydrogen-bond acceptors (Lipinski definition) is 4. The van der Waals surface area contributed by atoms with Crippen molar-refractivity contribution in [2.45, 2.75) is 39.3 Å². The highest BCUT2D eigenvalue weighted by Gasteiger charge is 2.35. The molecule has 0 bridgehead atoms. The van der Waals surface area contributed by atoms with Gasteiger partial charge in [-0.05, 0) is 72.9 Å². The lowest BCUT2D eigenvalue weighted by Gasteiger charge is -2.21. The number of nitrogens with one attached hydrogen (secondary N) is 2. The molecule has 0 spiro atoms. The number of carbonyl (C=O) groups excluding carboxylic acids is 2. The normalized spacial score (nSPS) is 13.8. The number of aromatic nitrogens is 3. The van der Waals surface area contributed by atoms with Gasteiger partial charge in [-0.2, -0.15) is 5.10 Å². The molecule has 39 heavy (non-hydrogen) atoms. The number of ether oxygens (including phenoxy) is 1. The molecule has 1 aliphatic heterocycles. The molecular weight excluding hydrogens is 497 g/mol. The minimum Gasteiger partial charge on any atom is -0.410 e. The average molecular weight is 524 g/mol. The van der Waals surface area contributed by atoms with Crippen molar-refractivity contribution in [2.75, 3.05) is 5.32 Å². The van der Waals surface area contributed by atoms with Crippen LogP contribution in [0.15, 0.2) is 48.7 Å². The zero-order valence-electron chi connectivity index (χ0n) is 21.6. The molecule has 5 aromatic rings. The number of hydrogen-bond donors (Lipinski definition) is 2. The monoisotopic (exact) mass is 523 g/mol. The number of fused-ring (bicyclic) bond motifs is 10. The van der Waals surface area contributed by atoms with Gasteiger partial charge in [-0.3, -0.25) is 14.8 Å². The lowest BCUT2D eigenvalue weighted by molar-refractivity contribution is 0.0966. The molecule has 0 fully saturated rings. The smallest absolute Gasteiger partial charge is 0.410 e. The fourth-order valence-electron chi connectivity index (χ4n) is 6.20. The fraction of sp³-hybridized carbons (Fsp3) is 0.233. The summed E-state index contributed by atoms with van der Waals surface area (Å²) in [5, 5.41) is 12.5. The maximum absolute atomic E-state index is 13.2. The van der Waals surface area contributed by atoms with Gasteiger partial charge in [-0.1, -0.05) is 6.92 Å². The molecule has 2 amide bonds. The summed E-state index contributed by atoms with van der Waals surface area (Å²) in [4.78, 5) is 25.9. The Kier molecular flexibility index (Phi) is 5.23. The first-order valence-corrected chi connectivity index (χ1v) is 13.1. The molecule has 196 valence electrons. The van der Waals surface area contributed by atoms with Gasteiger partial charge in [0.25, 0.3) is 5.91 Å². The summed E-state index contributed by atoms with van der Waals surface area (Å²) in [6, 6.07) is 11.1. The van der Waals surface area contributed by atoms with E-state index >= 15 is 0 Å². The van der Waals surface area contributed by atoms with Crippen molar-refractivity contribution in [3.8, 4) is 16.9 Å². The van der Waals surface area contributed by atoms with Crippen LogP contribution in [-0.4, -0.2) is 26.3 Å². The van der Waals surface area contributed by atoms with E-state index in [0.29, 0.717) is 12.2 Å². The van der Waals surface area contributed by atoms with E-state index < -0.39 is 11.9 Å². The Morgan fingerprint density at radius 2 is 1.95 bits per heavy atom. The Morgan fingerprint density at radius 3 is 2.74 bits per heavy atom. The predicted molar refractivity (Wildman–Crippen MR) is 147 cm³/mol. The second kappa shape index (κ2) is 8.69. The Labute approximate surface area is 223 Å². The molecule has 1 aliphatic carbocycles. The summed E-state index contributed by atoms with van der Waals surface area (Å²) in [7, 11) is 1.92. The molecule has 0 unspecified atom stereocenters. The fourth-order valence-corrected chi connectivity index (χ4v) is 6.20. The van der Waals surface area contributed by atoms with Crippen molar-refractivity contribution >= 4 is 39.5 Å². The van der Waals surface area contributed by atoms with Crippen molar-refractivity contribution in [2.24, 2.45) is 7.05 Å². The van der Waals surface area contributed by atoms with Crippen molar-refractivity contribution < 1.29 is 18.7 Å². The van der Waals surface area contributed by atoms with Gasteiger partial charge in [0.1, 0.15) is 11.6 Å². The van der Waals surface area contributed by atoms with Crippen LogP contribution in [-0.2, 0) is 33.0 Å². The van der Waals surface area contributed by atoms with E-state index in [4.69, 9.17) is 4.74 Å². The van der Waals surface area contributed by atoms with Gasteiger partial charge in [0.05, 0.1) is 16.8 Å². The number of rotatable bonds is 4. The first kappa shape index (κ1) is 23.5. The van der Waals surface area contributed by atoms with Crippen LogP contribution in [0, 0.1) is 5.82 Å². The Hall–Kier alpha value is -4.66. The lowest BCUT2D eigenvalue weighted by Crippen LogP contribution is -2.16. The average Bonchev–Trinajstić information content (AvgIpc) is 3.58. The lowest BCUT2D eigenvalue weighted by atomic mass is 9.82. The third-order valence-electron chi connectivity index (χ3n) is 7.66. The highest BCUT2D eigenvalue weighted by atomic mass is 19.1. The van der Waals surface area contributed by atoms with Crippen molar-refractivity contribution in [1.29, 1.82) is 0 Å². The van der Waals surface area contributed by atoms with Crippen LogP contribution in [0.2, 0.25) is 0 Å². The number of halogens is 1. The van der Waals surface area contributed by atoms with E-state index in [9.17, 15) is 14.0 Å². The van der Waals surface area contributed by atoms with Crippen LogP contribution in [0.1, 0.15) is 40.5 Å². The summed E-state index contributed by atoms with van der Waals surface area (Å²) in [5.41, 5.74) is 8.73. The molecule has 9 heteroatoms. The number of aryl methyl sites for hydroxylation is 4. The molecule has 2 aromatic heterocycles. The molecule has 2 aliphatic rings. The quantitative estimate of drug-likeness (QED) is 0.316. The van der Waals surface area contributed by atoms with Gasteiger partial charge in [-0.25, -0.2) is 9.18 Å². The minimum absolute atomic E-state index is 0.0617. The minimum atomic E-state index is -0.665. The second-order valence-electron chi connectivity index (χ2n) is 10.1. The SMILES string of the molecule is CCCn1c2ccc(NC(=O)Oc3ccc(F)cc3)cc2c2c3c(c4c(c21)CCc1nn(C)cc1-4)C(=O)NC3. The maximum Gasteiger partial charge on any atom is 0.417 e. The van der Waals surface area contributed by atoms with E-state index in [1.165, 1.54) is 29.8 Å². The van der Waals surface area contributed by atoms with Gasteiger partial charge in [-0.15, -0.1) is 0 Å². The molecule has 8 nitrogen and oxygen atoms in total. The number of amides is 2. The van der Waals surface area contributed by atoms with Crippen LogP contribution >= 0.6 is 0 Å². The zero-order chi connectivity index (χ0) is 26.8. The second-order valence-corrected chi connectivity index (χ2v) is 10.1. The molecule has 0 atom stereocenters. The molecule has 0 saturated carbocycles. The van der Waals surface area contributed by atoms with Gasteiger partial charge in [0.15, 0.2) is 0 Å². The molecule has 2 N–H and O–H groups in total. The van der Waals surface area contributed by atoms with E-state index in [-0.39, 0.29) is 11.7 Å². The predicted octanol–water partition coefficient (Wildman–Crippen LogP) is 5.70. The van der Waals surface area contributed by atoms with Crippen molar-refractivity contribution in [3.63, 3.8) is 0 Å². The van der Waals surface area contributed by atoms with Crippen molar-refractivity contribution in [3.05, 3.63) is 76.9 Å². The highest BCUT2D eigenvalue weighted by Crippen LogP contribution is 2.47. The summed E-state index contributed by atoms with van der Waals surface area (Å²) in [6.45, 7) is 3.43.